The maximum absolute atomic E-state index is 13.2. The first-order chi connectivity index (χ1) is 12.8. The standard InChI is InChI=1S/C20H13BrF3NO2/c21-12-7-5-11-6-8-17(14(11)9-12)27-19(26)15-10-18(20(22,23)24)25-16-4-2-1-3-13(15)16/h1-5,7,9-10,17H,6,8H2/t17-/m0/s1. The van der Waals surface area contributed by atoms with E-state index in [4.69, 9.17) is 4.74 Å². The fourth-order valence-electron chi connectivity index (χ4n) is 3.34. The van der Waals surface area contributed by atoms with Gasteiger partial charge < -0.3 is 4.74 Å². The first kappa shape index (κ1) is 18.0. The van der Waals surface area contributed by atoms with Crippen LogP contribution < -0.4 is 0 Å². The van der Waals surface area contributed by atoms with Crippen molar-refractivity contribution in [2.45, 2.75) is 25.1 Å². The molecule has 0 radical (unpaired) electrons. The molecule has 1 atom stereocenters. The Labute approximate surface area is 161 Å². The van der Waals surface area contributed by atoms with Crippen molar-refractivity contribution in [2.24, 2.45) is 0 Å². The first-order valence-corrected chi connectivity index (χ1v) is 9.08. The molecular weight excluding hydrogens is 423 g/mol. The van der Waals surface area contributed by atoms with E-state index in [1.54, 1.807) is 18.2 Å². The molecule has 0 saturated carbocycles. The highest BCUT2D eigenvalue weighted by molar-refractivity contribution is 9.10. The second-order valence-corrected chi connectivity index (χ2v) is 7.26. The van der Waals surface area contributed by atoms with Gasteiger partial charge in [-0.2, -0.15) is 13.2 Å². The van der Waals surface area contributed by atoms with Gasteiger partial charge in [0, 0.05) is 9.86 Å². The van der Waals surface area contributed by atoms with E-state index in [-0.39, 0.29) is 11.1 Å². The molecular formula is C20H13BrF3NO2. The normalized spacial score (nSPS) is 16.4. The highest BCUT2D eigenvalue weighted by Gasteiger charge is 2.35. The molecule has 1 aliphatic carbocycles. The zero-order chi connectivity index (χ0) is 19.2. The molecule has 1 heterocycles. The maximum atomic E-state index is 13.2. The van der Waals surface area contributed by atoms with Gasteiger partial charge in [0.05, 0.1) is 11.1 Å². The fourth-order valence-corrected chi connectivity index (χ4v) is 3.72. The van der Waals surface area contributed by atoms with Gasteiger partial charge in [0.2, 0.25) is 0 Å². The van der Waals surface area contributed by atoms with Crippen molar-refractivity contribution in [3.05, 3.63) is 75.4 Å². The zero-order valence-corrected chi connectivity index (χ0v) is 15.5. The van der Waals surface area contributed by atoms with Crippen LogP contribution in [0.5, 0.6) is 0 Å². The van der Waals surface area contributed by atoms with Crippen molar-refractivity contribution in [1.82, 2.24) is 4.98 Å². The lowest BCUT2D eigenvalue weighted by molar-refractivity contribution is -0.141. The van der Waals surface area contributed by atoms with Crippen LogP contribution in [0.2, 0.25) is 0 Å². The number of para-hydroxylation sites is 1. The van der Waals surface area contributed by atoms with E-state index in [0.717, 1.165) is 28.1 Å². The monoisotopic (exact) mass is 435 g/mol. The lowest BCUT2D eigenvalue weighted by Crippen LogP contribution is -2.14. The van der Waals surface area contributed by atoms with Gasteiger partial charge in [-0.1, -0.05) is 40.2 Å². The molecule has 0 saturated heterocycles. The number of aryl methyl sites for hydroxylation is 1. The largest absolute Gasteiger partial charge is 0.454 e. The summed E-state index contributed by atoms with van der Waals surface area (Å²) in [7, 11) is 0. The Balaban J connectivity index is 1.73. The summed E-state index contributed by atoms with van der Waals surface area (Å²) in [5, 5.41) is 0.336. The second-order valence-electron chi connectivity index (χ2n) is 6.35. The van der Waals surface area contributed by atoms with Crippen LogP contribution in [0.1, 0.15) is 39.7 Å². The molecule has 1 aromatic heterocycles. The summed E-state index contributed by atoms with van der Waals surface area (Å²) in [5.41, 5.74) is 0.826. The van der Waals surface area contributed by atoms with E-state index in [0.29, 0.717) is 11.8 Å². The molecule has 0 bridgehead atoms. The number of alkyl halides is 3. The molecule has 0 unspecified atom stereocenters. The molecule has 0 fully saturated rings. The number of benzene rings is 2. The molecule has 138 valence electrons. The van der Waals surface area contributed by atoms with Crippen LogP contribution in [0, 0.1) is 0 Å². The minimum absolute atomic E-state index is 0.105. The number of nitrogens with zero attached hydrogens (tertiary/aromatic N) is 1. The smallest absolute Gasteiger partial charge is 0.433 e. The van der Waals surface area contributed by atoms with E-state index < -0.39 is 23.9 Å². The summed E-state index contributed by atoms with van der Waals surface area (Å²) in [5.74, 6) is -0.781. The van der Waals surface area contributed by atoms with Gasteiger partial charge in [0.15, 0.2) is 0 Å². The number of halogens is 4. The van der Waals surface area contributed by atoms with E-state index >= 15 is 0 Å². The van der Waals surface area contributed by atoms with E-state index in [1.165, 1.54) is 6.07 Å². The molecule has 0 N–H and O–H groups in total. The quantitative estimate of drug-likeness (QED) is 0.473. The fraction of sp³-hybridized carbons (Fsp3) is 0.200. The topological polar surface area (TPSA) is 39.2 Å². The van der Waals surface area contributed by atoms with Crippen molar-refractivity contribution in [3.63, 3.8) is 0 Å². The van der Waals surface area contributed by atoms with Crippen molar-refractivity contribution in [1.29, 1.82) is 0 Å². The number of hydrogen-bond donors (Lipinski definition) is 0. The molecule has 7 heteroatoms. The number of pyridine rings is 1. The highest BCUT2D eigenvalue weighted by atomic mass is 79.9. The first-order valence-electron chi connectivity index (χ1n) is 8.29. The van der Waals surface area contributed by atoms with Crippen LogP contribution in [0.25, 0.3) is 10.9 Å². The Hall–Kier alpha value is -2.41. The molecule has 1 aliphatic rings. The van der Waals surface area contributed by atoms with Crippen LogP contribution in [-0.4, -0.2) is 11.0 Å². The zero-order valence-electron chi connectivity index (χ0n) is 13.9. The Morgan fingerprint density at radius 3 is 2.70 bits per heavy atom. The number of aromatic nitrogens is 1. The number of rotatable bonds is 2. The highest BCUT2D eigenvalue weighted by Crippen LogP contribution is 2.37. The van der Waals surface area contributed by atoms with Crippen LogP contribution >= 0.6 is 15.9 Å². The van der Waals surface area contributed by atoms with Gasteiger partial charge in [0.1, 0.15) is 11.8 Å². The number of hydrogen-bond acceptors (Lipinski definition) is 3. The molecule has 3 aromatic rings. The third-order valence-electron chi connectivity index (χ3n) is 4.61. The summed E-state index contributed by atoms with van der Waals surface area (Å²) in [6.07, 6.45) is -3.77. The predicted molar refractivity (Wildman–Crippen MR) is 97.4 cm³/mol. The summed E-state index contributed by atoms with van der Waals surface area (Å²) < 4.78 is 46.0. The number of carbonyl (C=O) groups is 1. The maximum Gasteiger partial charge on any atom is 0.433 e. The lowest BCUT2D eigenvalue weighted by atomic mass is 10.1. The van der Waals surface area contributed by atoms with Crippen LogP contribution in [-0.2, 0) is 17.3 Å². The third kappa shape index (κ3) is 3.43. The van der Waals surface area contributed by atoms with Gasteiger partial charge in [-0.25, -0.2) is 9.78 Å². The van der Waals surface area contributed by atoms with Gasteiger partial charge in [-0.05, 0) is 48.2 Å². The minimum Gasteiger partial charge on any atom is -0.454 e. The third-order valence-corrected chi connectivity index (χ3v) is 5.10. The number of carbonyl (C=O) groups excluding carboxylic acids is 1. The average molecular weight is 436 g/mol. The van der Waals surface area contributed by atoms with Gasteiger partial charge in [-0.15, -0.1) is 0 Å². The van der Waals surface area contributed by atoms with Crippen LogP contribution in [0.4, 0.5) is 13.2 Å². The molecule has 0 aliphatic heterocycles. The Morgan fingerprint density at radius 2 is 1.93 bits per heavy atom. The summed E-state index contributed by atoms with van der Waals surface area (Å²) in [4.78, 5) is 16.4. The number of fused-ring (bicyclic) bond motifs is 2. The van der Waals surface area contributed by atoms with Crippen LogP contribution in [0.3, 0.4) is 0 Å². The molecule has 4 rings (SSSR count). The predicted octanol–water partition coefficient (Wildman–Crippen LogP) is 5.86. The van der Waals surface area contributed by atoms with E-state index in [9.17, 15) is 18.0 Å². The number of ether oxygens (including phenoxy) is 1. The molecule has 2 aromatic carbocycles. The Kier molecular flexibility index (Phi) is 4.42. The van der Waals surface area contributed by atoms with Gasteiger partial charge in [-0.3, -0.25) is 0 Å². The van der Waals surface area contributed by atoms with Crippen molar-refractivity contribution >= 4 is 32.8 Å². The minimum atomic E-state index is -4.65. The summed E-state index contributed by atoms with van der Waals surface area (Å²) >= 11 is 3.39. The van der Waals surface area contributed by atoms with Crippen LogP contribution in [0.15, 0.2) is 53.0 Å². The molecule has 0 amide bonds. The van der Waals surface area contributed by atoms with Crippen molar-refractivity contribution in [3.8, 4) is 0 Å². The van der Waals surface area contributed by atoms with E-state index in [2.05, 4.69) is 20.9 Å². The molecule has 3 nitrogen and oxygen atoms in total. The van der Waals surface area contributed by atoms with E-state index in [1.807, 2.05) is 18.2 Å². The molecule has 27 heavy (non-hydrogen) atoms. The second kappa shape index (κ2) is 6.64. The van der Waals surface area contributed by atoms with Crippen molar-refractivity contribution < 1.29 is 22.7 Å². The van der Waals surface area contributed by atoms with Gasteiger partial charge in [0.25, 0.3) is 0 Å². The SMILES string of the molecule is O=C(O[C@H]1CCc2ccc(Br)cc21)c1cc(C(F)(F)F)nc2ccccc12. The number of esters is 1. The van der Waals surface area contributed by atoms with Gasteiger partial charge >= 0.3 is 12.1 Å². The lowest BCUT2D eigenvalue weighted by Gasteiger charge is -2.16. The Bertz CT molecular complexity index is 1050. The summed E-state index contributed by atoms with van der Waals surface area (Å²) in [6.45, 7) is 0. The van der Waals surface area contributed by atoms with Crippen molar-refractivity contribution in [2.75, 3.05) is 0 Å². The molecule has 0 spiro atoms. The summed E-state index contributed by atoms with van der Waals surface area (Å²) in [6, 6.07) is 12.8. The average Bonchev–Trinajstić information content (AvgIpc) is 3.02. The Morgan fingerprint density at radius 1 is 1.15 bits per heavy atom.